The van der Waals surface area contributed by atoms with Gasteiger partial charge in [-0.05, 0) is 19.4 Å². The van der Waals surface area contributed by atoms with Gasteiger partial charge in [0.05, 0.1) is 0 Å². The van der Waals surface area contributed by atoms with Crippen LogP contribution in [0.15, 0.2) is 18.3 Å². The van der Waals surface area contributed by atoms with E-state index in [0.717, 1.165) is 6.42 Å². The van der Waals surface area contributed by atoms with Gasteiger partial charge in [0.25, 0.3) is 0 Å². The van der Waals surface area contributed by atoms with Crippen LogP contribution in [0.3, 0.4) is 0 Å². The van der Waals surface area contributed by atoms with E-state index in [1.165, 1.54) is 0 Å². The van der Waals surface area contributed by atoms with Gasteiger partial charge >= 0.3 is 0 Å². The van der Waals surface area contributed by atoms with Gasteiger partial charge < -0.3 is 16.4 Å². The lowest BCUT2D eigenvalue weighted by Gasteiger charge is -2.11. The Morgan fingerprint density at radius 2 is 2.35 bits per heavy atom. The minimum Gasteiger partial charge on any atom is -0.399 e. The quantitative estimate of drug-likeness (QED) is 0.697. The summed E-state index contributed by atoms with van der Waals surface area (Å²) in [5.41, 5.74) is 6.27. The molecule has 4 N–H and O–H groups in total. The van der Waals surface area contributed by atoms with Crippen LogP contribution >= 0.6 is 0 Å². The number of rotatable bonds is 6. The van der Waals surface area contributed by atoms with Gasteiger partial charge in [0.15, 0.2) is 0 Å². The zero-order valence-electron chi connectivity index (χ0n) is 10.4. The highest BCUT2D eigenvalue weighted by Gasteiger charge is 2.04. The van der Waals surface area contributed by atoms with Crippen molar-refractivity contribution in [3.8, 4) is 0 Å². The number of anilines is 2. The van der Waals surface area contributed by atoms with Crippen LogP contribution in [0.2, 0.25) is 0 Å². The lowest BCUT2D eigenvalue weighted by molar-refractivity contribution is -0.121. The molecule has 94 valence electrons. The number of hydrogen-bond donors (Lipinski definition) is 3. The van der Waals surface area contributed by atoms with Crippen molar-refractivity contribution in [3.63, 3.8) is 0 Å². The number of amides is 1. The first kappa shape index (κ1) is 13.3. The van der Waals surface area contributed by atoms with Gasteiger partial charge in [0.1, 0.15) is 5.82 Å². The molecular weight excluding hydrogens is 216 g/mol. The van der Waals surface area contributed by atoms with Gasteiger partial charge in [-0.15, -0.1) is 0 Å². The molecule has 1 unspecified atom stereocenters. The zero-order valence-corrected chi connectivity index (χ0v) is 10.4. The Labute approximate surface area is 102 Å². The monoisotopic (exact) mass is 236 g/mol. The first-order valence-corrected chi connectivity index (χ1v) is 5.86. The number of aromatic nitrogens is 1. The molecule has 0 radical (unpaired) electrons. The highest BCUT2D eigenvalue weighted by atomic mass is 16.1. The maximum Gasteiger partial charge on any atom is 0.221 e. The molecule has 0 aromatic carbocycles. The third kappa shape index (κ3) is 5.19. The summed E-state index contributed by atoms with van der Waals surface area (Å²) in [6.07, 6.45) is 3.01. The number of nitrogens with one attached hydrogen (secondary N) is 2. The Bertz CT molecular complexity index is 367. The van der Waals surface area contributed by atoms with Crippen molar-refractivity contribution < 1.29 is 4.79 Å². The van der Waals surface area contributed by atoms with Crippen molar-refractivity contribution in [2.75, 3.05) is 17.6 Å². The summed E-state index contributed by atoms with van der Waals surface area (Å²) in [7, 11) is 0. The summed E-state index contributed by atoms with van der Waals surface area (Å²) in [5.74, 6) is 0.747. The van der Waals surface area contributed by atoms with E-state index in [9.17, 15) is 4.79 Å². The molecular formula is C12H20N4O. The molecule has 0 saturated heterocycles. The van der Waals surface area contributed by atoms with Gasteiger partial charge in [-0.1, -0.05) is 6.92 Å². The number of nitrogens with two attached hydrogens (primary N) is 1. The SMILES string of the molecule is CCC(C)NC(=O)CCNc1cc(N)ccn1. The van der Waals surface area contributed by atoms with Crippen LogP contribution in [0.5, 0.6) is 0 Å². The Kier molecular flexibility index (Phi) is 5.26. The van der Waals surface area contributed by atoms with Crippen LogP contribution in [-0.2, 0) is 4.79 Å². The molecule has 0 saturated carbocycles. The van der Waals surface area contributed by atoms with Gasteiger partial charge in [-0.3, -0.25) is 4.79 Å². The molecule has 17 heavy (non-hydrogen) atoms. The molecule has 1 amide bonds. The molecule has 5 nitrogen and oxygen atoms in total. The molecule has 0 bridgehead atoms. The van der Waals surface area contributed by atoms with Crippen LogP contribution in [0.1, 0.15) is 26.7 Å². The molecule has 0 aliphatic rings. The summed E-state index contributed by atoms with van der Waals surface area (Å²) in [6, 6.07) is 3.70. The second-order valence-electron chi connectivity index (χ2n) is 4.03. The molecule has 0 aliphatic carbocycles. The first-order chi connectivity index (χ1) is 8.11. The van der Waals surface area contributed by atoms with Crippen molar-refractivity contribution in [1.29, 1.82) is 0 Å². The molecule has 1 aromatic heterocycles. The fourth-order valence-corrected chi connectivity index (χ4v) is 1.30. The van der Waals surface area contributed by atoms with E-state index in [-0.39, 0.29) is 11.9 Å². The third-order valence-electron chi connectivity index (χ3n) is 2.46. The summed E-state index contributed by atoms with van der Waals surface area (Å²) in [6.45, 7) is 4.59. The topological polar surface area (TPSA) is 80.0 Å². The van der Waals surface area contributed by atoms with Crippen LogP contribution in [0.4, 0.5) is 11.5 Å². The highest BCUT2D eigenvalue weighted by molar-refractivity contribution is 5.76. The van der Waals surface area contributed by atoms with E-state index in [4.69, 9.17) is 5.73 Å². The lowest BCUT2D eigenvalue weighted by Crippen LogP contribution is -2.32. The minimum atomic E-state index is 0.0516. The van der Waals surface area contributed by atoms with Crippen LogP contribution in [0, 0.1) is 0 Å². The maximum absolute atomic E-state index is 11.5. The van der Waals surface area contributed by atoms with E-state index in [2.05, 4.69) is 15.6 Å². The van der Waals surface area contributed by atoms with Gasteiger partial charge in [0, 0.05) is 37.0 Å². The fraction of sp³-hybridized carbons (Fsp3) is 0.500. The smallest absolute Gasteiger partial charge is 0.221 e. The molecule has 1 atom stereocenters. The number of carbonyl (C=O) groups is 1. The first-order valence-electron chi connectivity index (χ1n) is 5.86. The number of pyridine rings is 1. The molecule has 5 heteroatoms. The van der Waals surface area contributed by atoms with Crippen molar-refractivity contribution in [3.05, 3.63) is 18.3 Å². The average Bonchev–Trinajstić information content (AvgIpc) is 2.29. The van der Waals surface area contributed by atoms with E-state index in [1.54, 1.807) is 18.3 Å². The predicted molar refractivity (Wildman–Crippen MR) is 69.7 cm³/mol. The Hall–Kier alpha value is -1.78. The Morgan fingerprint density at radius 3 is 3.00 bits per heavy atom. The van der Waals surface area contributed by atoms with E-state index in [0.29, 0.717) is 24.5 Å². The average molecular weight is 236 g/mol. The molecule has 1 rings (SSSR count). The standard InChI is InChI=1S/C12H20N4O/c1-3-9(2)16-12(17)5-7-15-11-8-10(13)4-6-14-11/h4,6,8-9H,3,5,7H2,1-2H3,(H,16,17)(H3,13,14,15). The summed E-state index contributed by atoms with van der Waals surface area (Å²) < 4.78 is 0. The second-order valence-corrected chi connectivity index (χ2v) is 4.03. The Morgan fingerprint density at radius 1 is 1.59 bits per heavy atom. The van der Waals surface area contributed by atoms with E-state index in [1.807, 2.05) is 13.8 Å². The summed E-state index contributed by atoms with van der Waals surface area (Å²) in [4.78, 5) is 15.6. The fourth-order valence-electron chi connectivity index (χ4n) is 1.30. The van der Waals surface area contributed by atoms with Crippen LogP contribution < -0.4 is 16.4 Å². The molecule has 0 spiro atoms. The number of carbonyl (C=O) groups excluding carboxylic acids is 1. The number of nitrogen functional groups attached to an aromatic ring is 1. The van der Waals surface area contributed by atoms with Gasteiger partial charge in [-0.25, -0.2) is 4.98 Å². The van der Waals surface area contributed by atoms with Crippen molar-refractivity contribution in [1.82, 2.24) is 10.3 Å². The summed E-state index contributed by atoms with van der Waals surface area (Å²) >= 11 is 0. The highest BCUT2D eigenvalue weighted by Crippen LogP contribution is 2.07. The Balaban J connectivity index is 2.26. The lowest BCUT2D eigenvalue weighted by atomic mass is 10.2. The molecule has 1 heterocycles. The van der Waals surface area contributed by atoms with Gasteiger partial charge in [-0.2, -0.15) is 0 Å². The van der Waals surface area contributed by atoms with Gasteiger partial charge in [0.2, 0.25) is 5.91 Å². The van der Waals surface area contributed by atoms with E-state index >= 15 is 0 Å². The largest absolute Gasteiger partial charge is 0.399 e. The van der Waals surface area contributed by atoms with Crippen molar-refractivity contribution >= 4 is 17.4 Å². The van der Waals surface area contributed by atoms with Crippen molar-refractivity contribution in [2.24, 2.45) is 0 Å². The van der Waals surface area contributed by atoms with Crippen LogP contribution in [-0.4, -0.2) is 23.5 Å². The number of hydrogen-bond acceptors (Lipinski definition) is 4. The normalized spacial score (nSPS) is 11.9. The predicted octanol–water partition coefficient (Wildman–Crippen LogP) is 1.38. The van der Waals surface area contributed by atoms with E-state index < -0.39 is 0 Å². The maximum atomic E-state index is 11.5. The second kappa shape index (κ2) is 6.73. The molecule has 0 aliphatic heterocycles. The third-order valence-corrected chi connectivity index (χ3v) is 2.46. The van der Waals surface area contributed by atoms with Crippen LogP contribution in [0.25, 0.3) is 0 Å². The molecule has 0 fully saturated rings. The van der Waals surface area contributed by atoms with Crippen molar-refractivity contribution in [2.45, 2.75) is 32.7 Å². The zero-order chi connectivity index (χ0) is 12.7. The minimum absolute atomic E-state index is 0.0516. The summed E-state index contributed by atoms with van der Waals surface area (Å²) in [5, 5.41) is 5.96. The molecule has 1 aromatic rings. The number of nitrogens with zero attached hydrogens (tertiary/aromatic N) is 1.